The van der Waals surface area contributed by atoms with Gasteiger partial charge in [0.15, 0.2) is 0 Å². The third-order valence-corrected chi connectivity index (χ3v) is 4.93. The minimum absolute atomic E-state index is 0.260. The smallest absolute Gasteiger partial charge is 0.240 e. The highest BCUT2D eigenvalue weighted by Crippen LogP contribution is 2.19. The van der Waals surface area contributed by atoms with Gasteiger partial charge in [0.2, 0.25) is 10.0 Å². The van der Waals surface area contributed by atoms with E-state index in [1.807, 2.05) is 0 Å². The van der Waals surface area contributed by atoms with Crippen molar-refractivity contribution in [1.29, 1.82) is 0 Å². The van der Waals surface area contributed by atoms with E-state index in [9.17, 15) is 8.42 Å². The van der Waals surface area contributed by atoms with Crippen LogP contribution in [0.5, 0.6) is 0 Å². The molecule has 0 amide bonds. The monoisotopic (exact) mass is 299 g/mol. The standard InChI is InChI=1S/C14H25N3O2S/c1-4-10-17(5-2)11-9-16-20(18,19)14-8-6-7-13(15)12(14)3/h6-8,16H,4-5,9-11,15H2,1-3H3. The van der Waals surface area contributed by atoms with Gasteiger partial charge in [-0.3, -0.25) is 0 Å². The van der Waals surface area contributed by atoms with E-state index in [-0.39, 0.29) is 4.90 Å². The summed E-state index contributed by atoms with van der Waals surface area (Å²) in [7, 11) is -3.49. The molecule has 5 nitrogen and oxygen atoms in total. The second-order valence-electron chi connectivity index (χ2n) is 4.80. The zero-order valence-electron chi connectivity index (χ0n) is 12.5. The van der Waals surface area contributed by atoms with Crippen LogP contribution in [0.1, 0.15) is 25.8 Å². The van der Waals surface area contributed by atoms with Crippen molar-refractivity contribution in [2.24, 2.45) is 0 Å². The minimum atomic E-state index is -3.49. The van der Waals surface area contributed by atoms with Crippen molar-refractivity contribution in [2.45, 2.75) is 32.1 Å². The van der Waals surface area contributed by atoms with Gasteiger partial charge in [0, 0.05) is 18.8 Å². The molecular weight excluding hydrogens is 274 g/mol. The van der Waals surface area contributed by atoms with E-state index in [2.05, 4.69) is 23.5 Å². The lowest BCUT2D eigenvalue weighted by Crippen LogP contribution is -2.35. The summed E-state index contributed by atoms with van der Waals surface area (Å²) in [6, 6.07) is 4.94. The fourth-order valence-corrected chi connectivity index (χ4v) is 3.38. The van der Waals surface area contributed by atoms with Crippen molar-refractivity contribution >= 4 is 15.7 Å². The number of nitrogens with two attached hydrogens (primary N) is 1. The summed E-state index contributed by atoms with van der Waals surface area (Å²) < 4.78 is 27.1. The molecule has 6 heteroatoms. The molecule has 0 saturated carbocycles. The fourth-order valence-electron chi connectivity index (χ4n) is 2.08. The first kappa shape index (κ1) is 16.9. The Labute approximate surface area is 122 Å². The van der Waals surface area contributed by atoms with Gasteiger partial charge in [0.05, 0.1) is 4.90 Å². The second kappa shape index (κ2) is 7.61. The summed E-state index contributed by atoms with van der Waals surface area (Å²) in [5.74, 6) is 0. The first-order valence-corrected chi connectivity index (χ1v) is 8.47. The fraction of sp³-hybridized carbons (Fsp3) is 0.571. The predicted octanol–water partition coefficient (Wildman–Crippen LogP) is 1.59. The van der Waals surface area contributed by atoms with Crippen LogP contribution in [-0.2, 0) is 10.0 Å². The van der Waals surface area contributed by atoms with Gasteiger partial charge in [0.25, 0.3) is 0 Å². The highest BCUT2D eigenvalue weighted by Gasteiger charge is 2.17. The van der Waals surface area contributed by atoms with Crippen LogP contribution < -0.4 is 10.5 Å². The molecule has 0 aliphatic carbocycles. The van der Waals surface area contributed by atoms with Crippen molar-refractivity contribution in [3.63, 3.8) is 0 Å². The summed E-state index contributed by atoms with van der Waals surface area (Å²) in [6.45, 7) is 8.94. The molecule has 20 heavy (non-hydrogen) atoms. The highest BCUT2D eigenvalue weighted by molar-refractivity contribution is 7.89. The number of hydrogen-bond donors (Lipinski definition) is 2. The average molecular weight is 299 g/mol. The topological polar surface area (TPSA) is 75.4 Å². The summed E-state index contributed by atoms with van der Waals surface area (Å²) in [4.78, 5) is 2.48. The molecule has 0 atom stereocenters. The van der Waals surface area contributed by atoms with Gasteiger partial charge in [-0.15, -0.1) is 0 Å². The zero-order chi connectivity index (χ0) is 15.2. The van der Waals surface area contributed by atoms with E-state index in [0.29, 0.717) is 24.3 Å². The van der Waals surface area contributed by atoms with Crippen LogP contribution in [0.2, 0.25) is 0 Å². The highest BCUT2D eigenvalue weighted by atomic mass is 32.2. The number of sulfonamides is 1. The van der Waals surface area contributed by atoms with Crippen LogP contribution >= 0.6 is 0 Å². The Bertz CT molecular complexity index is 529. The number of nitrogens with one attached hydrogen (secondary N) is 1. The van der Waals surface area contributed by atoms with E-state index in [1.54, 1.807) is 25.1 Å². The number of benzene rings is 1. The van der Waals surface area contributed by atoms with Gasteiger partial charge < -0.3 is 10.6 Å². The van der Waals surface area contributed by atoms with Crippen LogP contribution in [0.3, 0.4) is 0 Å². The molecule has 114 valence electrons. The largest absolute Gasteiger partial charge is 0.398 e. The molecule has 0 aliphatic rings. The Morgan fingerprint density at radius 1 is 1.25 bits per heavy atom. The van der Waals surface area contributed by atoms with Crippen molar-refractivity contribution in [2.75, 3.05) is 31.9 Å². The van der Waals surface area contributed by atoms with Gasteiger partial charge in [-0.05, 0) is 44.1 Å². The first-order chi connectivity index (χ1) is 9.42. The Morgan fingerprint density at radius 2 is 1.95 bits per heavy atom. The van der Waals surface area contributed by atoms with Gasteiger partial charge in [-0.2, -0.15) is 0 Å². The molecule has 0 aromatic heterocycles. The summed E-state index contributed by atoms with van der Waals surface area (Å²) in [5.41, 5.74) is 6.85. The van der Waals surface area contributed by atoms with Crippen LogP contribution in [0, 0.1) is 6.92 Å². The van der Waals surface area contributed by atoms with Crippen LogP contribution in [-0.4, -0.2) is 39.5 Å². The van der Waals surface area contributed by atoms with E-state index in [4.69, 9.17) is 5.73 Å². The quantitative estimate of drug-likeness (QED) is 0.715. The summed E-state index contributed by atoms with van der Waals surface area (Å²) in [5, 5.41) is 0. The molecule has 0 fully saturated rings. The molecule has 0 bridgehead atoms. The maximum absolute atomic E-state index is 12.2. The van der Waals surface area contributed by atoms with Crippen LogP contribution in [0.15, 0.2) is 23.1 Å². The molecule has 0 unspecified atom stereocenters. The summed E-state index contributed by atoms with van der Waals surface area (Å²) >= 11 is 0. The lowest BCUT2D eigenvalue weighted by atomic mass is 10.2. The van der Waals surface area contributed by atoms with Gasteiger partial charge in [-0.1, -0.05) is 19.9 Å². The Hall–Kier alpha value is -1.11. The molecule has 3 N–H and O–H groups in total. The van der Waals surface area contributed by atoms with Crippen LogP contribution in [0.25, 0.3) is 0 Å². The van der Waals surface area contributed by atoms with Crippen molar-refractivity contribution in [3.05, 3.63) is 23.8 Å². The summed E-state index contributed by atoms with van der Waals surface area (Å²) in [6.07, 6.45) is 1.06. The maximum Gasteiger partial charge on any atom is 0.240 e. The first-order valence-electron chi connectivity index (χ1n) is 6.99. The van der Waals surface area contributed by atoms with E-state index >= 15 is 0 Å². The SMILES string of the molecule is CCCN(CC)CCNS(=O)(=O)c1cccc(N)c1C. The minimum Gasteiger partial charge on any atom is -0.398 e. The van der Waals surface area contributed by atoms with Gasteiger partial charge in [0.1, 0.15) is 0 Å². The normalized spacial score (nSPS) is 12.0. The number of hydrogen-bond acceptors (Lipinski definition) is 4. The third-order valence-electron chi connectivity index (χ3n) is 3.32. The van der Waals surface area contributed by atoms with Gasteiger partial charge >= 0.3 is 0 Å². The van der Waals surface area contributed by atoms with E-state index in [1.165, 1.54) is 0 Å². The Morgan fingerprint density at radius 3 is 2.55 bits per heavy atom. The van der Waals surface area contributed by atoms with Gasteiger partial charge in [-0.25, -0.2) is 13.1 Å². The zero-order valence-corrected chi connectivity index (χ0v) is 13.3. The molecule has 0 heterocycles. The van der Waals surface area contributed by atoms with E-state index < -0.39 is 10.0 Å². The molecule has 0 aliphatic heterocycles. The lowest BCUT2D eigenvalue weighted by Gasteiger charge is -2.19. The van der Waals surface area contributed by atoms with Crippen LogP contribution in [0.4, 0.5) is 5.69 Å². The molecule has 0 spiro atoms. The molecule has 0 saturated heterocycles. The molecule has 1 rings (SSSR count). The lowest BCUT2D eigenvalue weighted by molar-refractivity contribution is 0.293. The molecular formula is C14H25N3O2S. The number of rotatable bonds is 8. The average Bonchev–Trinajstić information content (AvgIpc) is 2.40. The van der Waals surface area contributed by atoms with Crippen molar-refractivity contribution in [1.82, 2.24) is 9.62 Å². The Balaban J connectivity index is 2.69. The number of anilines is 1. The number of nitrogens with zero attached hydrogens (tertiary/aromatic N) is 1. The van der Waals surface area contributed by atoms with Crippen molar-refractivity contribution < 1.29 is 8.42 Å². The molecule has 1 aromatic rings. The second-order valence-corrected chi connectivity index (χ2v) is 6.54. The van der Waals surface area contributed by atoms with E-state index in [0.717, 1.165) is 19.5 Å². The number of nitrogen functional groups attached to an aromatic ring is 1. The Kier molecular flexibility index (Phi) is 6.45. The maximum atomic E-state index is 12.2. The molecule has 0 radical (unpaired) electrons. The number of likely N-dealkylation sites (N-methyl/N-ethyl adjacent to an activating group) is 1. The van der Waals surface area contributed by atoms with Crippen molar-refractivity contribution in [3.8, 4) is 0 Å². The predicted molar refractivity (Wildman–Crippen MR) is 83.2 cm³/mol. The molecule has 1 aromatic carbocycles. The third kappa shape index (κ3) is 4.47.